The molecule has 1 rings (SSSR count). The van der Waals surface area contributed by atoms with Crippen molar-refractivity contribution in [1.29, 1.82) is 0 Å². The molecule has 2 nitrogen and oxygen atoms in total. The number of hydrogen-bond acceptors (Lipinski definition) is 3. The van der Waals surface area contributed by atoms with Crippen molar-refractivity contribution in [2.75, 3.05) is 26.4 Å². The summed E-state index contributed by atoms with van der Waals surface area (Å²) in [7, 11) is 4.19. The first kappa shape index (κ1) is 15.8. The van der Waals surface area contributed by atoms with Crippen molar-refractivity contribution in [1.82, 2.24) is 10.2 Å². The van der Waals surface area contributed by atoms with Crippen LogP contribution in [-0.2, 0) is 6.54 Å². The summed E-state index contributed by atoms with van der Waals surface area (Å²) in [5.74, 6) is 1.09. The van der Waals surface area contributed by atoms with Crippen LogP contribution in [-0.4, -0.2) is 37.3 Å². The van der Waals surface area contributed by atoms with Gasteiger partial charge in [-0.2, -0.15) is 0 Å². The quantitative estimate of drug-likeness (QED) is 0.773. The molecule has 1 aromatic carbocycles. The first-order valence-electron chi connectivity index (χ1n) is 6.29. The van der Waals surface area contributed by atoms with Gasteiger partial charge in [-0.05, 0) is 31.8 Å². The molecule has 1 N–H and O–H groups in total. The highest BCUT2D eigenvalue weighted by molar-refractivity contribution is 7.99. The maximum absolute atomic E-state index is 6.29. The van der Waals surface area contributed by atoms with E-state index in [0.717, 1.165) is 23.9 Å². The van der Waals surface area contributed by atoms with E-state index in [-0.39, 0.29) is 0 Å². The second-order valence-corrected chi connectivity index (χ2v) is 6.45. The van der Waals surface area contributed by atoms with Gasteiger partial charge in [0.25, 0.3) is 0 Å². The van der Waals surface area contributed by atoms with E-state index in [1.165, 1.54) is 10.5 Å². The third-order valence-corrected chi connectivity index (χ3v) is 3.99. The van der Waals surface area contributed by atoms with Gasteiger partial charge in [0, 0.05) is 34.8 Å². The molecule has 0 heterocycles. The molecule has 0 unspecified atom stereocenters. The summed E-state index contributed by atoms with van der Waals surface area (Å²) in [6.45, 7) is 6.21. The Hall–Kier alpha value is -0.220. The highest BCUT2D eigenvalue weighted by atomic mass is 35.5. The number of nitrogens with zero attached hydrogens (tertiary/aromatic N) is 1. The van der Waals surface area contributed by atoms with Gasteiger partial charge < -0.3 is 10.2 Å². The van der Waals surface area contributed by atoms with Gasteiger partial charge in [0.15, 0.2) is 0 Å². The molecule has 0 saturated heterocycles. The Balaban J connectivity index is 2.67. The summed E-state index contributed by atoms with van der Waals surface area (Å²) in [4.78, 5) is 3.49. The lowest BCUT2D eigenvalue weighted by atomic mass is 10.2. The lowest BCUT2D eigenvalue weighted by molar-refractivity contribution is 0.437. The molecule has 0 aromatic heterocycles. The van der Waals surface area contributed by atoms with Crippen molar-refractivity contribution < 1.29 is 0 Å². The molecule has 1 aromatic rings. The number of halogens is 1. The Labute approximate surface area is 120 Å². The van der Waals surface area contributed by atoms with Gasteiger partial charge in [-0.15, -0.1) is 11.8 Å². The number of nitrogens with one attached hydrogen (secondary N) is 1. The molecule has 0 amide bonds. The predicted octanol–water partition coefficient (Wildman–Crippen LogP) is 3.49. The van der Waals surface area contributed by atoms with Gasteiger partial charge in [-0.25, -0.2) is 0 Å². The van der Waals surface area contributed by atoms with Gasteiger partial charge in [-0.3, -0.25) is 0 Å². The Morgan fingerprint density at radius 3 is 2.67 bits per heavy atom. The minimum atomic E-state index is 0.473. The summed E-state index contributed by atoms with van der Waals surface area (Å²) in [6, 6.07) is 6.62. The fourth-order valence-electron chi connectivity index (χ4n) is 1.49. The molecule has 0 saturated carbocycles. The Kier molecular flexibility index (Phi) is 7.08. The summed E-state index contributed by atoms with van der Waals surface area (Å²) >= 11 is 8.17. The number of rotatable bonds is 7. The van der Waals surface area contributed by atoms with Gasteiger partial charge in [0.05, 0.1) is 0 Å². The monoisotopic (exact) mass is 286 g/mol. The number of benzene rings is 1. The van der Waals surface area contributed by atoms with E-state index < -0.39 is 0 Å². The first-order valence-corrected chi connectivity index (χ1v) is 7.65. The average molecular weight is 287 g/mol. The molecule has 0 atom stereocenters. The summed E-state index contributed by atoms with van der Waals surface area (Å²) in [5, 5.41) is 4.29. The SMILES string of the molecule is CC(C)NCc1c(Cl)cccc1SCCN(C)C. The van der Waals surface area contributed by atoms with E-state index in [4.69, 9.17) is 11.6 Å². The van der Waals surface area contributed by atoms with Crippen molar-refractivity contribution in [2.45, 2.75) is 31.3 Å². The highest BCUT2D eigenvalue weighted by Crippen LogP contribution is 2.28. The fourth-order valence-corrected chi connectivity index (χ4v) is 2.99. The van der Waals surface area contributed by atoms with Crippen LogP contribution in [0.2, 0.25) is 5.02 Å². The second kappa shape index (κ2) is 8.05. The lowest BCUT2D eigenvalue weighted by Crippen LogP contribution is -2.22. The van der Waals surface area contributed by atoms with Crippen molar-refractivity contribution in [3.63, 3.8) is 0 Å². The fraction of sp³-hybridized carbons (Fsp3) is 0.571. The zero-order valence-corrected chi connectivity index (χ0v) is 13.2. The van der Waals surface area contributed by atoms with Crippen LogP contribution in [0.4, 0.5) is 0 Å². The van der Waals surface area contributed by atoms with Crippen LogP contribution in [0.15, 0.2) is 23.1 Å². The third kappa shape index (κ3) is 5.61. The van der Waals surface area contributed by atoms with E-state index in [0.29, 0.717) is 6.04 Å². The maximum Gasteiger partial charge on any atom is 0.0462 e. The van der Waals surface area contributed by atoms with Crippen LogP contribution in [0, 0.1) is 0 Å². The van der Waals surface area contributed by atoms with Gasteiger partial charge in [0.2, 0.25) is 0 Å². The Morgan fingerprint density at radius 1 is 1.33 bits per heavy atom. The van der Waals surface area contributed by atoms with Crippen LogP contribution in [0.3, 0.4) is 0 Å². The van der Waals surface area contributed by atoms with Crippen molar-refractivity contribution in [3.05, 3.63) is 28.8 Å². The van der Waals surface area contributed by atoms with E-state index in [9.17, 15) is 0 Å². The van der Waals surface area contributed by atoms with Crippen LogP contribution in [0.25, 0.3) is 0 Å². The largest absolute Gasteiger partial charge is 0.310 e. The molecule has 0 aliphatic heterocycles. The van der Waals surface area contributed by atoms with Gasteiger partial charge >= 0.3 is 0 Å². The minimum Gasteiger partial charge on any atom is -0.310 e. The molecule has 4 heteroatoms. The topological polar surface area (TPSA) is 15.3 Å². The first-order chi connectivity index (χ1) is 8.50. The molecule has 0 aliphatic carbocycles. The average Bonchev–Trinajstić information content (AvgIpc) is 2.27. The van der Waals surface area contributed by atoms with Gasteiger partial charge in [0.1, 0.15) is 0 Å². The van der Waals surface area contributed by atoms with E-state index in [2.05, 4.69) is 44.2 Å². The Morgan fingerprint density at radius 2 is 2.06 bits per heavy atom. The zero-order chi connectivity index (χ0) is 13.5. The molecular weight excluding hydrogens is 264 g/mol. The van der Waals surface area contributed by atoms with Crippen LogP contribution < -0.4 is 5.32 Å². The Bertz CT molecular complexity index is 367. The van der Waals surface area contributed by atoms with Crippen LogP contribution in [0.5, 0.6) is 0 Å². The summed E-state index contributed by atoms with van der Waals surface area (Å²) < 4.78 is 0. The third-order valence-electron chi connectivity index (χ3n) is 2.56. The van der Waals surface area contributed by atoms with E-state index in [1.807, 2.05) is 23.9 Å². The number of thioether (sulfide) groups is 1. The number of hydrogen-bond donors (Lipinski definition) is 1. The molecule has 0 radical (unpaired) electrons. The molecule has 18 heavy (non-hydrogen) atoms. The lowest BCUT2D eigenvalue weighted by Gasteiger charge is -2.15. The molecule has 0 aliphatic rings. The normalized spacial score (nSPS) is 11.5. The van der Waals surface area contributed by atoms with Crippen molar-refractivity contribution >= 4 is 23.4 Å². The summed E-state index contributed by atoms with van der Waals surface area (Å²) in [6.07, 6.45) is 0. The summed E-state index contributed by atoms with van der Waals surface area (Å²) in [5.41, 5.74) is 1.22. The minimum absolute atomic E-state index is 0.473. The second-order valence-electron chi connectivity index (χ2n) is 4.90. The van der Waals surface area contributed by atoms with Crippen molar-refractivity contribution in [3.8, 4) is 0 Å². The molecule has 0 bridgehead atoms. The zero-order valence-electron chi connectivity index (χ0n) is 11.7. The van der Waals surface area contributed by atoms with Crippen LogP contribution >= 0.6 is 23.4 Å². The smallest absolute Gasteiger partial charge is 0.0462 e. The van der Waals surface area contributed by atoms with Crippen molar-refractivity contribution in [2.24, 2.45) is 0 Å². The molecule has 0 spiro atoms. The van der Waals surface area contributed by atoms with E-state index >= 15 is 0 Å². The highest BCUT2D eigenvalue weighted by Gasteiger charge is 2.08. The molecule has 102 valence electrons. The van der Waals surface area contributed by atoms with Gasteiger partial charge in [-0.1, -0.05) is 31.5 Å². The maximum atomic E-state index is 6.29. The molecular formula is C14H23ClN2S. The van der Waals surface area contributed by atoms with E-state index in [1.54, 1.807) is 0 Å². The standard InChI is InChI=1S/C14H23ClN2S/c1-11(2)16-10-12-13(15)6-5-7-14(12)18-9-8-17(3)4/h5-7,11,16H,8-10H2,1-4H3. The predicted molar refractivity (Wildman–Crippen MR) is 82.7 cm³/mol. The van der Waals surface area contributed by atoms with Crippen LogP contribution in [0.1, 0.15) is 19.4 Å². The molecule has 0 fully saturated rings.